The summed E-state index contributed by atoms with van der Waals surface area (Å²) in [5, 5.41) is 11.0. The number of aromatic nitrogens is 2. The minimum absolute atomic E-state index is 0.518. The minimum Gasteiger partial charge on any atom is -0.408 e. The fourth-order valence-corrected chi connectivity index (χ4v) is 2.11. The summed E-state index contributed by atoms with van der Waals surface area (Å²) in [6, 6.07) is 0.530. The molecule has 0 unspecified atom stereocenters. The number of anilines is 1. The Morgan fingerprint density at radius 1 is 1.33 bits per heavy atom. The molecular weight excluding hydrogens is 214 g/mol. The summed E-state index contributed by atoms with van der Waals surface area (Å²) in [7, 11) is 0. The molecule has 0 saturated heterocycles. The zero-order valence-electron chi connectivity index (χ0n) is 8.71. The molecule has 1 heterocycles. The lowest BCUT2D eigenvalue weighted by atomic mass is 10.1. The van der Waals surface area contributed by atoms with Crippen LogP contribution in [0.4, 0.5) is 6.01 Å². The van der Waals surface area contributed by atoms with Crippen molar-refractivity contribution in [3.8, 4) is 0 Å². The highest BCUT2D eigenvalue weighted by molar-refractivity contribution is 6.17. The van der Waals surface area contributed by atoms with Crippen molar-refractivity contribution in [1.82, 2.24) is 10.2 Å². The average Bonchev–Trinajstić information content (AvgIpc) is 2.85. The van der Waals surface area contributed by atoms with Crippen LogP contribution < -0.4 is 5.32 Å². The molecule has 84 valence electrons. The Morgan fingerprint density at radius 3 is 2.87 bits per heavy atom. The van der Waals surface area contributed by atoms with Gasteiger partial charge in [-0.1, -0.05) is 17.9 Å². The Kier molecular flexibility index (Phi) is 3.83. The van der Waals surface area contributed by atoms with Crippen molar-refractivity contribution in [2.45, 2.75) is 32.1 Å². The van der Waals surface area contributed by atoms with Gasteiger partial charge in [-0.15, -0.1) is 16.7 Å². The van der Waals surface area contributed by atoms with Gasteiger partial charge in [0, 0.05) is 18.8 Å². The van der Waals surface area contributed by atoms with Gasteiger partial charge in [0.1, 0.15) is 0 Å². The van der Waals surface area contributed by atoms with E-state index in [9.17, 15) is 0 Å². The Labute approximate surface area is 94.4 Å². The third kappa shape index (κ3) is 3.09. The molecule has 0 aliphatic heterocycles. The highest BCUT2D eigenvalue weighted by Crippen LogP contribution is 2.24. The van der Waals surface area contributed by atoms with E-state index in [0.29, 0.717) is 24.2 Å². The number of aryl methyl sites for hydroxylation is 1. The molecule has 1 aliphatic carbocycles. The number of nitrogens with zero attached hydrogens (tertiary/aromatic N) is 2. The number of nitrogens with one attached hydrogen (secondary N) is 1. The first kappa shape index (κ1) is 10.7. The molecule has 1 aromatic heterocycles. The lowest BCUT2D eigenvalue weighted by Gasteiger charge is -2.07. The Bertz CT molecular complexity index is 297. The van der Waals surface area contributed by atoms with Crippen LogP contribution in [0.3, 0.4) is 0 Å². The maximum atomic E-state index is 5.58. The van der Waals surface area contributed by atoms with Crippen molar-refractivity contribution in [1.29, 1.82) is 0 Å². The Hall–Kier alpha value is -0.770. The van der Waals surface area contributed by atoms with E-state index in [1.807, 2.05) is 0 Å². The molecule has 1 aromatic rings. The predicted octanol–water partition coefficient (Wildman–Crippen LogP) is 2.45. The SMILES string of the molecule is ClCCc1nnc(NCC2CCCC2)o1. The van der Waals surface area contributed by atoms with Crippen molar-refractivity contribution < 1.29 is 4.42 Å². The molecule has 0 aromatic carbocycles. The fourth-order valence-electron chi connectivity index (χ4n) is 1.95. The van der Waals surface area contributed by atoms with Gasteiger partial charge in [0.2, 0.25) is 5.89 Å². The third-order valence-corrected chi connectivity index (χ3v) is 2.98. The van der Waals surface area contributed by atoms with Gasteiger partial charge in [-0.25, -0.2) is 0 Å². The molecule has 4 nitrogen and oxygen atoms in total. The second-order valence-corrected chi connectivity index (χ2v) is 4.35. The monoisotopic (exact) mass is 229 g/mol. The average molecular weight is 230 g/mol. The van der Waals surface area contributed by atoms with Crippen LogP contribution in [0.15, 0.2) is 4.42 Å². The topological polar surface area (TPSA) is 51.0 Å². The molecule has 0 atom stereocenters. The summed E-state index contributed by atoms with van der Waals surface area (Å²) < 4.78 is 5.37. The van der Waals surface area contributed by atoms with E-state index >= 15 is 0 Å². The normalized spacial score (nSPS) is 17.1. The largest absolute Gasteiger partial charge is 0.408 e. The first-order valence-corrected chi connectivity index (χ1v) is 6.04. The second-order valence-electron chi connectivity index (χ2n) is 3.97. The fraction of sp³-hybridized carbons (Fsp3) is 0.800. The van der Waals surface area contributed by atoms with Crippen LogP contribution >= 0.6 is 11.6 Å². The van der Waals surface area contributed by atoms with E-state index in [4.69, 9.17) is 16.0 Å². The summed E-state index contributed by atoms with van der Waals surface area (Å²) in [5.41, 5.74) is 0. The van der Waals surface area contributed by atoms with E-state index in [-0.39, 0.29) is 0 Å². The lowest BCUT2D eigenvalue weighted by molar-refractivity contribution is 0.500. The van der Waals surface area contributed by atoms with Crippen LogP contribution in [0.1, 0.15) is 31.6 Å². The van der Waals surface area contributed by atoms with E-state index < -0.39 is 0 Å². The molecule has 5 heteroatoms. The molecule has 0 amide bonds. The van der Waals surface area contributed by atoms with Crippen molar-refractivity contribution in [2.24, 2.45) is 5.92 Å². The van der Waals surface area contributed by atoms with Crippen molar-refractivity contribution >= 4 is 17.6 Å². The number of hydrogen-bond donors (Lipinski definition) is 1. The highest BCUT2D eigenvalue weighted by Gasteiger charge is 2.15. The first-order valence-electron chi connectivity index (χ1n) is 5.50. The molecular formula is C10H16ClN3O. The van der Waals surface area contributed by atoms with Crippen LogP contribution in [-0.2, 0) is 6.42 Å². The van der Waals surface area contributed by atoms with Gasteiger partial charge in [0.05, 0.1) is 0 Å². The molecule has 1 fully saturated rings. The second kappa shape index (κ2) is 5.35. The van der Waals surface area contributed by atoms with Gasteiger partial charge in [-0.3, -0.25) is 0 Å². The third-order valence-electron chi connectivity index (χ3n) is 2.79. The predicted molar refractivity (Wildman–Crippen MR) is 59.2 cm³/mol. The molecule has 1 aliphatic rings. The van der Waals surface area contributed by atoms with Crippen molar-refractivity contribution in [2.75, 3.05) is 17.7 Å². The summed E-state index contributed by atoms with van der Waals surface area (Å²) in [6.45, 7) is 0.947. The molecule has 0 bridgehead atoms. The zero-order valence-corrected chi connectivity index (χ0v) is 9.46. The van der Waals surface area contributed by atoms with Gasteiger partial charge in [0.15, 0.2) is 0 Å². The van der Waals surface area contributed by atoms with Gasteiger partial charge in [-0.2, -0.15) is 0 Å². The lowest BCUT2D eigenvalue weighted by Crippen LogP contribution is -2.10. The number of halogens is 1. The smallest absolute Gasteiger partial charge is 0.315 e. The highest BCUT2D eigenvalue weighted by atomic mass is 35.5. The molecule has 1 N–H and O–H groups in total. The maximum Gasteiger partial charge on any atom is 0.315 e. The van der Waals surface area contributed by atoms with Crippen LogP contribution in [0.2, 0.25) is 0 Å². The Morgan fingerprint density at radius 2 is 2.13 bits per heavy atom. The molecule has 2 rings (SSSR count). The van der Waals surface area contributed by atoms with Crippen LogP contribution in [0, 0.1) is 5.92 Å². The first-order chi connectivity index (χ1) is 7.38. The maximum absolute atomic E-state index is 5.58. The minimum atomic E-state index is 0.518. The number of rotatable bonds is 5. The molecule has 15 heavy (non-hydrogen) atoms. The van der Waals surface area contributed by atoms with Crippen molar-refractivity contribution in [3.63, 3.8) is 0 Å². The summed E-state index contributed by atoms with van der Waals surface area (Å²) >= 11 is 5.58. The van der Waals surface area contributed by atoms with Gasteiger partial charge < -0.3 is 9.73 Å². The Balaban J connectivity index is 1.77. The van der Waals surface area contributed by atoms with E-state index in [0.717, 1.165) is 12.5 Å². The van der Waals surface area contributed by atoms with Gasteiger partial charge in [0.25, 0.3) is 0 Å². The van der Waals surface area contributed by atoms with E-state index in [1.54, 1.807) is 0 Å². The number of hydrogen-bond acceptors (Lipinski definition) is 4. The van der Waals surface area contributed by atoms with E-state index in [1.165, 1.54) is 25.7 Å². The van der Waals surface area contributed by atoms with Crippen LogP contribution in [0.5, 0.6) is 0 Å². The van der Waals surface area contributed by atoms with Crippen LogP contribution in [-0.4, -0.2) is 22.6 Å². The number of alkyl halides is 1. The van der Waals surface area contributed by atoms with Gasteiger partial charge in [-0.05, 0) is 18.8 Å². The van der Waals surface area contributed by atoms with Crippen molar-refractivity contribution in [3.05, 3.63) is 5.89 Å². The molecule has 0 radical (unpaired) electrons. The van der Waals surface area contributed by atoms with E-state index in [2.05, 4.69) is 15.5 Å². The quantitative estimate of drug-likeness (QED) is 0.788. The zero-order chi connectivity index (χ0) is 10.5. The van der Waals surface area contributed by atoms with Gasteiger partial charge >= 0.3 is 6.01 Å². The van der Waals surface area contributed by atoms with Crippen LogP contribution in [0.25, 0.3) is 0 Å². The molecule has 1 saturated carbocycles. The standard InChI is InChI=1S/C10H16ClN3O/c11-6-5-9-13-14-10(15-9)12-7-8-3-1-2-4-8/h8H,1-7H2,(H,12,14). The summed E-state index contributed by atoms with van der Waals surface area (Å²) in [4.78, 5) is 0. The summed E-state index contributed by atoms with van der Waals surface area (Å²) in [5.74, 6) is 1.90. The summed E-state index contributed by atoms with van der Waals surface area (Å²) in [6.07, 6.45) is 5.98. The molecule has 0 spiro atoms.